The van der Waals surface area contributed by atoms with Crippen molar-refractivity contribution in [3.8, 4) is 0 Å². The zero-order chi connectivity index (χ0) is 14.3. The van der Waals surface area contributed by atoms with E-state index in [9.17, 15) is 14.4 Å². The number of aldehydes is 1. The topological polar surface area (TPSA) is 54.5 Å². The van der Waals surface area contributed by atoms with Gasteiger partial charge in [0.25, 0.3) is 0 Å². The summed E-state index contributed by atoms with van der Waals surface area (Å²) in [4.78, 5) is 39.0. The molecule has 0 spiro atoms. The van der Waals surface area contributed by atoms with Crippen LogP contribution in [0.2, 0.25) is 0 Å². The second-order valence-electron chi connectivity index (χ2n) is 6.53. The van der Waals surface area contributed by atoms with Crippen LogP contribution in [0.15, 0.2) is 0 Å². The van der Waals surface area contributed by atoms with Gasteiger partial charge >= 0.3 is 0 Å². The van der Waals surface area contributed by atoms with Crippen LogP contribution in [0.5, 0.6) is 0 Å². The van der Waals surface area contributed by atoms with Gasteiger partial charge in [-0.05, 0) is 44.7 Å². The maximum atomic E-state index is 12.5. The standard InChI is InChI=1S/C16H23NO3/c1-2-14(19)11-9-15(20)13-6-4-8-17-7-3-5-12(11)16(13,17)10-18/h10-13H,2-9H2,1H3. The van der Waals surface area contributed by atoms with Crippen molar-refractivity contribution < 1.29 is 14.4 Å². The number of nitrogens with zero attached hydrogens (tertiary/aromatic N) is 1. The van der Waals surface area contributed by atoms with E-state index in [1.807, 2.05) is 6.92 Å². The number of piperidine rings is 2. The van der Waals surface area contributed by atoms with E-state index in [0.29, 0.717) is 12.8 Å². The lowest BCUT2D eigenvalue weighted by molar-refractivity contribution is -0.165. The van der Waals surface area contributed by atoms with Crippen molar-refractivity contribution in [2.45, 2.75) is 51.0 Å². The molecule has 2 saturated heterocycles. The van der Waals surface area contributed by atoms with Gasteiger partial charge in [-0.3, -0.25) is 14.5 Å². The highest BCUT2D eigenvalue weighted by atomic mass is 16.1. The zero-order valence-corrected chi connectivity index (χ0v) is 12.1. The summed E-state index contributed by atoms with van der Waals surface area (Å²) in [7, 11) is 0. The molecule has 1 saturated carbocycles. The van der Waals surface area contributed by atoms with Crippen LogP contribution >= 0.6 is 0 Å². The Kier molecular flexibility index (Phi) is 3.53. The predicted molar refractivity (Wildman–Crippen MR) is 74.2 cm³/mol. The Morgan fingerprint density at radius 3 is 2.70 bits per heavy atom. The Labute approximate surface area is 119 Å². The van der Waals surface area contributed by atoms with Crippen molar-refractivity contribution in [2.24, 2.45) is 17.8 Å². The third-order valence-electron chi connectivity index (χ3n) is 5.81. The quantitative estimate of drug-likeness (QED) is 0.736. The van der Waals surface area contributed by atoms with E-state index in [0.717, 1.165) is 45.1 Å². The number of carbonyl (C=O) groups excluding carboxylic acids is 3. The molecule has 110 valence electrons. The molecule has 0 aromatic heterocycles. The molecular formula is C16H23NO3. The fraction of sp³-hybridized carbons (Fsp3) is 0.812. The predicted octanol–water partition coefficient (Wildman–Crippen LogP) is 1.61. The van der Waals surface area contributed by atoms with E-state index in [4.69, 9.17) is 0 Å². The molecule has 3 aliphatic rings. The molecule has 4 nitrogen and oxygen atoms in total. The smallest absolute Gasteiger partial charge is 0.141 e. The van der Waals surface area contributed by atoms with Gasteiger partial charge in [-0.2, -0.15) is 0 Å². The number of carbonyl (C=O) groups is 3. The Balaban J connectivity index is 2.05. The molecule has 4 unspecified atom stereocenters. The van der Waals surface area contributed by atoms with Crippen LogP contribution in [0.3, 0.4) is 0 Å². The van der Waals surface area contributed by atoms with Crippen LogP contribution in [0.4, 0.5) is 0 Å². The first kappa shape index (κ1) is 13.9. The summed E-state index contributed by atoms with van der Waals surface area (Å²) in [6.07, 6.45) is 5.61. The minimum absolute atomic E-state index is 0.0594. The average Bonchev–Trinajstić information content (AvgIpc) is 2.49. The lowest BCUT2D eigenvalue weighted by atomic mass is 9.55. The lowest BCUT2D eigenvalue weighted by Crippen LogP contribution is -2.70. The molecule has 2 heterocycles. The molecule has 0 radical (unpaired) electrons. The lowest BCUT2D eigenvalue weighted by Gasteiger charge is -2.59. The van der Waals surface area contributed by atoms with Crippen LogP contribution in [0.25, 0.3) is 0 Å². The summed E-state index contributed by atoms with van der Waals surface area (Å²) in [5.41, 5.74) is -0.665. The normalized spacial score (nSPS) is 41.0. The van der Waals surface area contributed by atoms with Gasteiger partial charge in [0.05, 0.1) is 5.54 Å². The molecule has 0 N–H and O–H groups in total. The van der Waals surface area contributed by atoms with Crippen molar-refractivity contribution >= 4 is 17.9 Å². The van der Waals surface area contributed by atoms with E-state index in [2.05, 4.69) is 4.90 Å². The fourth-order valence-electron chi connectivity index (χ4n) is 4.95. The number of hydrogen-bond donors (Lipinski definition) is 0. The number of hydrogen-bond acceptors (Lipinski definition) is 4. The molecular weight excluding hydrogens is 254 g/mol. The number of Topliss-reactive ketones (excluding diaryl/α,β-unsaturated/α-hetero) is 2. The number of ketones is 2. The third-order valence-corrected chi connectivity index (χ3v) is 5.81. The van der Waals surface area contributed by atoms with E-state index < -0.39 is 5.54 Å². The summed E-state index contributed by atoms with van der Waals surface area (Å²) in [6.45, 7) is 3.64. The summed E-state index contributed by atoms with van der Waals surface area (Å²) in [5.74, 6) is -0.0267. The Bertz CT molecular complexity index is 445. The maximum absolute atomic E-state index is 12.5. The Hall–Kier alpha value is -1.03. The van der Waals surface area contributed by atoms with Gasteiger partial charge in [0.15, 0.2) is 0 Å². The summed E-state index contributed by atoms with van der Waals surface area (Å²) >= 11 is 0. The summed E-state index contributed by atoms with van der Waals surface area (Å²) in [5, 5.41) is 0. The monoisotopic (exact) mass is 277 g/mol. The molecule has 0 bridgehead atoms. The van der Waals surface area contributed by atoms with Gasteiger partial charge in [-0.1, -0.05) is 6.92 Å². The van der Waals surface area contributed by atoms with E-state index >= 15 is 0 Å². The average molecular weight is 277 g/mol. The van der Waals surface area contributed by atoms with Gasteiger partial charge < -0.3 is 4.79 Å². The SMILES string of the molecule is CCC(=O)C1CC(=O)C2CCCN3CCCC1C23C=O. The molecule has 0 aromatic carbocycles. The molecule has 3 fully saturated rings. The minimum atomic E-state index is -0.665. The van der Waals surface area contributed by atoms with Crippen molar-refractivity contribution in [3.05, 3.63) is 0 Å². The molecule has 1 aliphatic carbocycles. The van der Waals surface area contributed by atoms with E-state index in [1.165, 1.54) is 0 Å². The molecule has 2 aliphatic heterocycles. The van der Waals surface area contributed by atoms with E-state index in [-0.39, 0.29) is 29.3 Å². The minimum Gasteiger partial charge on any atom is -0.301 e. The molecule has 4 atom stereocenters. The molecule has 4 heteroatoms. The van der Waals surface area contributed by atoms with Crippen LogP contribution in [0.1, 0.15) is 45.4 Å². The first-order chi connectivity index (χ1) is 9.65. The van der Waals surface area contributed by atoms with Gasteiger partial charge in [0.2, 0.25) is 0 Å². The largest absolute Gasteiger partial charge is 0.301 e. The second kappa shape index (κ2) is 5.06. The highest BCUT2D eigenvalue weighted by Crippen LogP contribution is 2.51. The zero-order valence-electron chi connectivity index (χ0n) is 12.1. The van der Waals surface area contributed by atoms with Crippen molar-refractivity contribution in [1.82, 2.24) is 4.90 Å². The van der Waals surface area contributed by atoms with Gasteiger partial charge in [0.1, 0.15) is 17.9 Å². The van der Waals surface area contributed by atoms with Crippen molar-refractivity contribution in [2.75, 3.05) is 13.1 Å². The third kappa shape index (κ3) is 1.73. The Morgan fingerprint density at radius 1 is 1.35 bits per heavy atom. The van der Waals surface area contributed by atoms with Gasteiger partial charge in [-0.25, -0.2) is 0 Å². The summed E-state index contributed by atoms with van der Waals surface area (Å²) < 4.78 is 0. The highest BCUT2D eigenvalue weighted by molar-refractivity contribution is 5.95. The number of rotatable bonds is 3. The van der Waals surface area contributed by atoms with Crippen LogP contribution in [0, 0.1) is 17.8 Å². The molecule has 3 rings (SSSR count). The maximum Gasteiger partial charge on any atom is 0.141 e. The highest BCUT2D eigenvalue weighted by Gasteiger charge is 2.61. The Morgan fingerprint density at radius 2 is 2.05 bits per heavy atom. The molecule has 0 amide bonds. The van der Waals surface area contributed by atoms with Crippen molar-refractivity contribution in [1.29, 1.82) is 0 Å². The van der Waals surface area contributed by atoms with Gasteiger partial charge in [0, 0.05) is 24.7 Å². The molecule has 0 aromatic rings. The first-order valence-electron chi connectivity index (χ1n) is 7.92. The van der Waals surface area contributed by atoms with E-state index in [1.54, 1.807) is 0 Å². The first-order valence-corrected chi connectivity index (χ1v) is 7.92. The van der Waals surface area contributed by atoms with Crippen LogP contribution < -0.4 is 0 Å². The van der Waals surface area contributed by atoms with Gasteiger partial charge in [-0.15, -0.1) is 0 Å². The fourth-order valence-corrected chi connectivity index (χ4v) is 4.95. The summed E-state index contributed by atoms with van der Waals surface area (Å²) in [6, 6.07) is 0. The van der Waals surface area contributed by atoms with Crippen molar-refractivity contribution in [3.63, 3.8) is 0 Å². The van der Waals surface area contributed by atoms with Crippen LogP contribution in [-0.2, 0) is 14.4 Å². The second-order valence-corrected chi connectivity index (χ2v) is 6.53. The van der Waals surface area contributed by atoms with Crippen LogP contribution in [-0.4, -0.2) is 41.4 Å². The molecule has 20 heavy (non-hydrogen) atoms.